The second-order valence-electron chi connectivity index (χ2n) is 6.69. The van der Waals surface area contributed by atoms with E-state index in [1.807, 2.05) is 0 Å². The Labute approximate surface area is 140 Å². The van der Waals surface area contributed by atoms with Gasteiger partial charge in [0.1, 0.15) is 0 Å². The largest absolute Gasteiger partial charge is 0.311 e. The number of hydrogen-bond donors (Lipinski definition) is 2. The quantitative estimate of drug-likeness (QED) is 0.845. The van der Waals surface area contributed by atoms with Gasteiger partial charge >= 0.3 is 0 Å². The predicted molar refractivity (Wildman–Crippen MR) is 97.5 cm³/mol. The first kappa shape index (κ1) is 16.2. The Morgan fingerprint density at radius 1 is 0.870 bits per heavy atom. The van der Waals surface area contributed by atoms with Crippen molar-refractivity contribution in [2.45, 2.75) is 57.3 Å². The highest BCUT2D eigenvalue weighted by molar-refractivity contribution is 5.17. The maximum absolute atomic E-state index is 3.84. The minimum absolute atomic E-state index is 0.573. The van der Waals surface area contributed by atoms with E-state index in [0.29, 0.717) is 18.1 Å². The maximum Gasteiger partial charge on any atom is 0.0208 e. The molecule has 0 aliphatic carbocycles. The minimum Gasteiger partial charge on any atom is -0.311 e. The number of hydrogen-bond acceptors (Lipinski definition) is 2. The molecule has 1 heterocycles. The third-order valence-electron chi connectivity index (χ3n) is 4.86. The van der Waals surface area contributed by atoms with Gasteiger partial charge in [-0.05, 0) is 36.8 Å². The lowest BCUT2D eigenvalue weighted by Crippen LogP contribution is -2.51. The lowest BCUT2D eigenvalue weighted by Gasteiger charge is -2.37. The van der Waals surface area contributed by atoms with Crippen molar-refractivity contribution in [2.75, 3.05) is 0 Å². The van der Waals surface area contributed by atoms with Crippen molar-refractivity contribution in [1.82, 2.24) is 10.6 Å². The summed E-state index contributed by atoms with van der Waals surface area (Å²) >= 11 is 0. The standard InChI is InChI=1S/C21H28N2/c1-2-19-14-20(22-16-18-11-7-4-8-12-18)15-21(23-19)13-17-9-5-3-6-10-17/h3-12,19-23H,2,13-16H2,1H3. The first-order valence-corrected chi connectivity index (χ1v) is 8.90. The molecule has 0 radical (unpaired) electrons. The van der Waals surface area contributed by atoms with Crippen LogP contribution >= 0.6 is 0 Å². The van der Waals surface area contributed by atoms with Crippen molar-refractivity contribution in [3.8, 4) is 0 Å². The smallest absolute Gasteiger partial charge is 0.0208 e. The van der Waals surface area contributed by atoms with Gasteiger partial charge in [0.25, 0.3) is 0 Å². The fraction of sp³-hybridized carbons (Fsp3) is 0.429. The van der Waals surface area contributed by atoms with Gasteiger partial charge in [0.05, 0.1) is 0 Å². The molecule has 3 unspecified atom stereocenters. The first-order chi connectivity index (χ1) is 11.3. The van der Waals surface area contributed by atoms with Crippen molar-refractivity contribution >= 4 is 0 Å². The van der Waals surface area contributed by atoms with E-state index in [9.17, 15) is 0 Å². The molecule has 0 bridgehead atoms. The Hall–Kier alpha value is -1.64. The molecule has 1 aliphatic heterocycles. The van der Waals surface area contributed by atoms with Crippen LogP contribution in [-0.4, -0.2) is 18.1 Å². The molecule has 2 heteroatoms. The van der Waals surface area contributed by atoms with Crippen molar-refractivity contribution in [3.63, 3.8) is 0 Å². The fourth-order valence-corrected chi connectivity index (χ4v) is 3.60. The van der Waals surface area contributed by atoms with E-state index >= 15 is 0 Å². The zero-order valence-corrected chi connectivity index (χ0v) is 14.0. The molecule has 2 aromatic carbocycles. The van der Waals surface area contributed by atoms with E-state index in [0.717, 1.165) is 13.0 Å². The van der Waals surface area contributed by atoms with Crippen LogP contribution in [0.4, 0.5) is 0 Å². The lowest BCUT2D eigenvalue weighted by molar-refractivity contribution is 0.253. The molecule has 0 spiro atoms. The summed E-state index contributed by atoms with van der Waals surface area (Å²) in [5.41, 5.74) is 2.81. The number of nitrogens with one attached hydrogen (secondary N) is 2. The van der Waals surface area contributed by atoms with Gasteiger partial charge in [0.2, 0.25) is 0 Å². The molecule has 1 aliphatic rings. The number of rotatable bonds is 6. The minimum atomic E-state index is 0.573. The molecule has 2 nitrogen and oxygen atoms in total. The summed E-state index contributed by atoms with van der Waals surface area (Å²) in [7, 11) is 0. The molecule has 0 amide bonds. The summed E-state index contributed by atoms with van der Waals surface area (Å²) in [6.07, 6.45) is 4.77. The second kappa shape index (κ2) is 8.28. The topological polar surface area (TPSA) is 24.1 Å². The normalized spacial score (nSPS) is 24.5. The van der Waals surface area contributed by atoms with Crippen LogP contribution in [0.1, 0.15) is 37.3 Å². The lowest BCUT2D eigenvalue weighted by atomic mass is 9.89. The maximum atomic E-state index is 3.84. The monoisotopic (exact) mass is 308 g/mol. The van der Waals surface area contributed by atoms with Gasteiger partial charge in [0, 0.05) is 24.7 Å². The van der Waals surface area contributed by atoms with Crippen molar-refractivity contribution < 1.29 is 0 Å². The highest BCUT2D eigenvalue weighted by Crippen LogP contribution is 2.19. The third-order valence-corrected chi connectivity index (χ3v) is 4.86. The van der Waals surface area contributed by atoms with E-state index < -0.39 is 0 Å². The van der Waals surface area contributed by atoms with Gasteiger partial charge in [-0.15, -0.1) is 0 Å². The Balaban J connectivity index is 1.57. The summed E-state index contributed by atoms with van der Waals surface area (Å²) in [5, 5.41) is 7.62. The molecule has 3 atom stereocenters. The van der Waals surface area contributed by atoms with Crippen LogP contribution in [0.25, 0.3) is 0 Å². The molecular formula is C21H28N2. The number of benzene rings is 2. The average molecular weight is 308 g/mol. The summed E-state index contributed by atoms with van der Waals surface area (Å²) in [6, 6.07) is 23.4. The zero-order valence-electron chi connectivity index (χ0n) is 14.0. The Morgan fingerprint density at radius 2 is 1.48 bits per heavy atom. The molecule has 2 N–H and O–H groups in total. The molecule has 3 rings (SSSR count). The molecule has 1 fully saturated rings. The highest BCUT2D eigenvalue weighted by atomic mass is 15.0. The van der Waals surface area contributed by atoms with Gasteiger partial charge in [-0.1, -0.05) is 67.6 Å². The van der Waals surface area contributed by atoms with Gasteiger partial charge in [-0.25, -0.2) is 0 Å². The van der Waals surface area contributed by atoms with Crippen molar-refractivity contribution in [2.24, 2.45) is 0 Å². The summed E-state index contributed by atoms with van der Waals surface area (Å²) in [5.74, 6) is 0. The summed E-state index contributed by atoms with van der Waals surface area (Å²) in [6.45, 7) is 3.26. The predicted octanol–water partition coefficient (Wildman–Crippen LogP) is 3.92. The molecular weight excluding hydrogens is 280 g/mol. The van der Waals surface area contributed by atoms with E-state index in [1.54, 1.807) is 0 Å². The third kappa shape index (κ3) is 4.92. The summed E-state index contributed by atoms with van der Waals surface area (Å²) < 4.78 is 0. The van der Waals surface area contributed by atoms with Crippen LogP contribution in [0.5, 0.6) is 0 Å². The first-order valence-electron chi connectivity index (χ1n) is 8.90. The van der Waals surface area contributed by atoms with E-state index in [-0.39, 0.29) is 0 Å². The highest BCUT2D eigenvalue weighted by Gasteiger charge is 2.26. The van der Waals surface area contributed by atoms with Crippen LogP contribution < -0.4 is 10.6 Å². The van der Waals surface area contributed by atoms with Crippen LogP contribution in [0, 0.1) is 0 Å². The van der Waals surface area contributed by atoms with Crippen LogP contribution in [0.3, 0.4) is 0 Å². The Bertz CT molecular complexity index is 567. The SMILES string of the molecule is CCC1CC(NCc2ccccc2)CC(Cc2ccccc2)N1. The summed E-state index contributed by atoms with van der Waals surface area (Å²) in [4.78, 5) is 0. The van der Waals surface area contributed by atoms with Crippen molar-refractivity contribution in [1.29, 1.82) is 0 Å². The molecule has 1 saturated heterocycles. The van der Waals surface area contributed by atoms with Gasteiger partial charge < -0.3 is 10.6 Å². The van der Waals surface area contributed by atoms with E-state index in [1.165, 1.54) is 30.4 Å². The Morgan fingerprint density at radius 3 is 2.13 bits per heavy atom. The average Bonchev–Trinajstić information content (AvgIpc) is 2.61. The molecule has 122 valence electrons. The number of piperidine rings is 1. The van der Waals surface area contributed by atoms with Crippen LogP contribution in [0.2, 0.25) is 0 Å². The van der Waals surface area contributed by atoms with Crippen LogP contribution in [0.15, 0.2) is 60.7 Å². The molecule has 0 aromatic heterocycles. The zero-order chi connectivity index (χ0) is 15.9. The van der Waals surface area contributed by atoms with Gasteiger partial charge in [-0.3, -0.25) is 0 Å². The fourth-order valence-electron chi connectivity index (χ4n) is 3.60. The van der Waals surface area contributed by atoms with E-state index in [2.05, 4.69) is 78.2 Å². The molecule has 0 saturated carbocycles. The molecule has 2 aromatic rings. The second-order valence-corrected chi connectivity index (χ2v) is 6.69. The van der Waals surface area contributed by atoms with Crippen LogP contribution in [-0.2, 0) is 13.0 Å². The molecule has 23 heavy (non-hydrogen) atoms. The van der Waals surface area contributed by atoms with E-state index in [4.69, 9.17) is 0 Å². The van der Waals surface area contributed by atoms with Gasteiger partial charge in [-0.2, -0.15) is 0 Å². The van der Waals surface area contributed by atoms with Gasteiger partial charge in [0.15, 0.2) is 0 Å². The van der Waals surface area contributed by atoms with Crippen molar-refractivity contribution in [3.05, 3.63) is 71.8 Å². The Kier molecular flexibility index (Phi) is 5.84.